The molecule has 0 fully saturated rings. The highest BCUT2D eigenvalue weighted by Crippen LogP contribution is 2.49. The van der Waals surface area contributed by atoms with E-state index in [1.165, 1.54) is 26.4 Å². The van der Waals surface area contributed by atoms with Crippen LogP contribution >= 0.6 is 0 Å². The van der Waals surface area contributed by atoms with Gasteiger partial charge in [-0.1, -0.05) is 12.1 Å². The maximum atomic E-state index is 13.4. The molecule has 2 N–H and O–H groups in total. The first kappa shape index (κ1) is 41.9. The Morgan fingerprint density at radius 1 is 0.656 bits per heavy atom. The third kappa shape index (κ3) is 6.92. The Balaban J connectivity index is 0.000000162. The van der Waals surface area contributed by atoms with E-state index < -0.39 is 34.3 Å². The quantitative estimate of drug-likeness (QED) is 0.167. The average Bonchev–Trinajstić information content (AvgIpc) is 3.87. The van der Waals surface area contributed by atoms with Crippen LogP contribution in [0.1, 0.15) is 63.4 Å². The molecule has 0 saturated carbocycles. The summed E-state index contributed by atoms with van der Waals surface area (Å²) in [5.74, 6) is 1.62. The van der Waals surface area contributed by atoms with E-state index in [1.807, 2.05) is 6.92 Å². The molecule has 324 valence electrons. The summed E-state index contributed by atoms with van der Waals surface area (Å²) in [6.45, 7) is 1.81. The Labute approximate surface area is 360 Å². The zero-order valence-electron chi connectivity index (χ0n) is 34.3. The van der Waals surface area contributed by atoms with E-state index >= 15 is 0 Å². The number of nitrogens with two attached hydrogens (primary N) is 1. The normalized spacial score (nSPS) is 18.5. The van der Waals surface area contributed by atoms with Crippen LogP contribution in [0.4, 0.5) is 32.3 Å². The van der Waals surface area contributed by atoms with Crippen LogP contribution in [0.3, 0.4) is 0 Å². The number of rotatable bonds is 4. The smallest absolute Gasteiger partial charge is 0.416 e. The number of hydrogen-bond acceptors (Lipinski definition) is 11. The lowest BCUT2D eigenvalue weighted by Gasteiger charge is -2.32. The minimum Gasteiger partial charge on any atom is -0.493 e. The van der Waals surface area contributed by atoms with Gasteiger partial charge in [-0.25, -0.2) is 19.9 Å². The molecule has 0 bridgehead atoms. The lowest BCUT2D eigenvalue weighted by atomic mass is 9.68. The molecule has 0 spiro atoms. The molecule has 0 radical (unpaired) electrons. The Bertz CT molecular complexity index is 3060. The van der Waals surface area contributed by atoms with Gasteiger partial charge in [-0.2, -0.15) is 36.9 Å². The van der Waals surface area contributed by atoms with Gasteiger partial charge in [0, 0.05) is 45.3 Å². The zero-order chi connectivity index (χ0) is 45.3. The number of nitriles is 2. The summed E-state index contributed by atoms with van der Waals surface area (Å²) in [7, 11) is 2.93. The van der Waals surface area contributed by atoms with Crippen molar-refractivity contribution in [2.45, 2.75) is 68.6 Å². The van der Waals surface area contributed by atoms with Crippen LogP contribution in [0.2, 0.25) is 0 Å². The molecule has 64 heavy (non-hydrogen) atoms. The van der Waals surface area contributed by atoms with Crippen LogP contribution in [-0.2, 0) is 48.9 Å². The summed E-state index contributed by atoms with van der Waals surface area (Å²) < 4.78 is 103. The summed E-state index contributed by atoms with van der Waals surface area (Å²) in [6.07, 6.45) is -3.00. The molecule has 2 atom stereocenters. The van der Waals surface area contributed by atoms with E-state index in [1.54, 1.807) is 36.7 Å². The number of ether oxygens (including phenoxy) is 2. The van der Waals surface area contributed by atoms with Crippen molar-refractivity contribution in [3.8, 4) is 23.6 Å². The number of furan rings is 2. The molecule has 4 heterocycles. The Morgan fingerprint density at radius 2 is 1.11 bits per heavy atom. The first-order valence-corrected chi connectivity index (χ1v) is 20.0. The fraction of sp³-hybridized carbons (Fsp3) is 0.277. The van der Waals surface area contributed by atoms with Gasteiger partial charge in [-0.15, -0.1) is 0 Å². The van der Waals surface area contributed by atoms with Crippen LogP contribution in [0.25, 0.3) is 43.9 Å². The van der Waals surface area contributed by atoms with E-state index in [9.17, 15) is 36.9 Å². The SMILES string of the molecule is COc1ccc(C2(C#N)CCc3nc(C)ncc3C2)c2c1oc1ccc(C(F)(F)F)cc12.COc1ccc(C2(C#N)CCc3nc(N)ncc3C2)c2c1oc1ccc(C(F)(F)F)cc12. The Hall–Kier alpha value is -7.40. The number of hydrogen-bond donors (Lipinski definition) is 1. The summed E-state index contributed by atoms with van der Waals surface area (Å²) in [4.78, 5) is 17.1. The van der Waals surface area contributed by atoms with Gasteiger partial charge >= 0.3 is 12.4 Å². The second-order valence-electron chi connectivity index (χ2n) is 16.0. The molecule has 2 aliphatic rings. The molecule has 0 amide bonds. The fourth-order valence-electron chi connectivity index (χ4n) is 9.17. The molecule has 4 aromatic carbocycles. The lowest BCUT2D eigenvalue weighted by molar-refractivity contribution is -0.138. The summed E-state index contributed by atoms with van der Waals surface area (Å²) >= 11 is 0. The summed E-state index contributed by atoms with van der Waals surface area (Å²) in [5, 5.41) is 22.1. The Morgan fingerprint density at radius 3 is 1.55 bits per heavy atom. The molecular weight excluding hydrogens is 841 g/mol. The summed E-state index contributed by atoms with van der Waals surface area (Å²) in [5.41, 5.74) is 7.99. The fourth-order valence-corrected chi connectivity index (χ4v) is 9.17. The predicted octanol–water partition coefficient (Wildman–Crippen LogP) is 10.6. The van der Waals surface area contributed by atoms with Gasteiger partial charge in [-0.3, -0.25) is 0 Å². The van der Waals surface area contributed by atoms with Crippen molar-refractivity contribution in [1.29, 1.82) is 10.5 Å². The molecule has 0 saturated heterocycles. The van der Waals surface area contributed by atoms with Crippen LogP contribution < -0.4 is 15.2 Å². The van der Waals surface area contributed by atoms with Gasteiger partial charge in [0.1, 0.15) is 17.0 Å². The van der Waals surface area contributed by atoms with E-state index in [-0.39, 0.29) is 11.3 Å². The lowest BCUT2D eigenvalue weighted by Crippen LogP contribution is -2.33. The number of aryl methyl sites for hydroxylation is 3. The van der Waals surface area contributed by atoms with Crippen molar-refractivity contribution in [2.75, 3.05) is 20.0 Å². The number of methoxy groups -OCH3 is 2. The number of nitrogen functional groups attached to an aromatic ring is 1. The van der Waals surface area contributed by atoms with Gasteiger partial charge in [-0.05, 0) is 116 Å². The molecule has 11 nitrogen and oxygen atoms in total. The largest absolute Gasteiger partial charge is 0.493 e. The monoisotopic (exact) mass is 875 g/mol. The van der Waals surface area contributed by atoms with E-state index in [0.717, 1.165) is 46.8 Å². The highest BCUT2D eigenvalue weighted by atomic mass is 19.4. The van der Waals surface area contributed by atoms with Crippen molar-refractivity contribution in [1.82, 2.24) is 19.9 Å². The number of anilines is 1. The van der Waals surface area contributed by atoms with Gasteiger partial charge in [0.2, 0.25) is 5.95 Å². The second kappa shape index (κ2) is 15.1. The maximum Gasteiger partial charge on any atom is 0.416 e. The highest BCUT2D eigenvalue weighted by Gasteiger charge is 2.42. The number of fused-ring (bicyclic) bond motifs is 8. The maximum absolute atomic E-state index is 13.4. The molecule has 17 heteroatoms. The predicted molar refractivity (Wildman–Crippen MR) is 222 cm³/mol. The van der Waals surface area contributed by atoms with Crippen LogP contribution in [0, 0.1) is 29.6 Å². The van der Waals surface area contributed by atoms with E-state index in [0.29, 0.717) is 105 Å². The minimum atomic E-state index is -4.51. The zero-order valence-corrected chi connectivity index (χ0v) is 34.3. The second-order valence-corrected chi connectivity index (χ2v) is 16.0. The van der Waals surface area contributed by atoms with Gasteiger partial charge in [0.25, 0.3) is 0 Å². The van der Waals surface area contributed by atoms with Crippen LogP contribution in [-0.4, -0.2) is 34.2 Å². The molecular formula is C47H35F6N7O4. The van der Waals surface area contributed by atoms with Gasteiger partial charge in [0.15, 0.2) is 22.7 Å². The highest BCUT2D eigenvalue weighted by molar-refractivity contribution is 6.10. The molecule has 8 aromatic rings. The van der Waals surface area contributed by atoms with Gasteiger partial charge < -0.3 is 24.0 Å². The first-order valence-electron chi connectivity index (χ1n) is 20.0. The first-order chi connectivity index (χ1) is 30.5. The standard InChI is InChI=1S/C24H18F3N3O2.C23H17F3N4O2/c1-13-29-11-14-10-23(12-28,8-7-18(14)30-13)17-4-6-20(31-2)22-21(17)16-9-15(24(25,26)27)3-5-19(16)32-22;1-31-18-5-3-15(22(11-27)7-6-16-12(9-22)10-29-21(28)30-16)19-14-8-13(23(24,25)26)2-4-17(14)32-20(18)19/h3-6,9,11H,7-8,10H2,1-2H3;2-5,8,10H,6-7,9H2,1H3,(H2,28,29,30). The number of aromatic nitrogens is 4. The number of benzene rings is 4. The van der Waals surface area contributed by atoms with Crippen LogP contribution in [0.15, 0.2) is 81.9 Å². The van der Waals surface area contributed by atoms with Crippen molar-refractivity contribution < 1.29 is 44.7 Å². The third-order valence-electron chi connectivity index (χ3n) is 12.3. The van der Waals surface area contributed by atoms with E-state index in [4.69, 9.17) is 24.0 Å². The number of alkyl halides is 6. The van der Waals surface area contributed by atoms with Crippen molar-refractivity contribution in [3.05, 3.63) is 124 Å². The topological polar surface area (TPSA) is 170 Å². The molecule has 0 aliphatic heterocycles. The number of halogens is 6. The third-order valence-corrected chi connectivity index (χ3v) is 12.3. The van der Waals surface area contributed by atoms with E-state index in [2.05, 4.69) is 32.1 Å². The molecule has 2 unspecified atom stereocenters. The average molecular weight is 876 g/mol. The summed E-state index contributed by atoms with van der Waals surface area (Å²) in [6, 6.07) is 18.5. The molecule has 10 rings (SSSR count). The molecule has 2 aliphatic carbocycles. The van der Waals surface area contributed by atoms with Gasteiger partial charge in [0.05, 0.1) is 48.3 Å². The molecule has 4 aromatic heterocycles. The van der Waals surface area contributed by atoms with Crippen LogP contribution in [0.5, 0.6) is 11.5 Å². The van der Waals surface area contributed by atoms with Crippen molar-refractivity contribution in [2.24, 2.45) is 0 Å². The number of nitrogens with zero attached hydrogens (tertiary/aromatic N) is 6. The Kier molecular flexibility index (Phi) is 9.92. The van der Waals surface area contributed by atoms with Crippen molar-refractivity contribution in [3.63, 3.8) is 0 Å². The minimum absolute atomic E-state index is 0.167. The van der Waals surface area contributed by atoms with Crippen molar-refractivity contribution >= 4 is 49.8 Å².